The predicted octanol–water partition coefficient (Wildman–Crippen LogP) is 5.04. The molecule has 2 aromatic carbocycles. The van der Waals surface area contributed by atoms with Crippen molar-refractivity contribution in [2.75, 3.05) is 23.7 Å². The first-order valence-electron chi connectivity index (χ1n) is 10.9. The second-order valence-corrected chi connectivity index (χ2v) is 9.12. The van der Waals surface area contributed by atoms with Crippen LogP contribution >= 0.6 is 11.6 Å². The van der Waals surface area contributed by atoms with Crippen LogP contribution in [-0.4, -0.2) is 36.0 Å². The number of benzene rings is 2. The summed E-state index contributed by atoms with van der Waals surface area (Å²) in [4.78, 5) is 24.6. The Morgan fingerprint density at radius 3 is 2.39 bits per heavy atom. The van der Waals surface area contributed by atoms with Crippen molar-refractivity contribution in [2.45, 2.75) is 38.9 Å². The third-order valence-electron chi connectivity index (χ3n) is 6.31. The average Bonchev–Trinajstić information content (AvgIpc) is 3.54. The van der Waals surface area contributed by atoms with Crippen molar-refractivity contribution in [1.29, 1.82) is 0 Å². The molecular formula is C24H25ClF3N3O2. The van der Waals surface area contributed by atoms with E-state index < -0.39 is 12.1 Å². The molecular weight excluding hydrogens is 455 g/mol. The van der Waals surface area contributed by atoms with Gasteiger partial charge in [-0.3, -0.25) is 9.59 Å². The van der Waals surface area contributed by atoms with Crippen LogP contribution in [0, 0.1) is 11.8 Å². The first-order chi connectivity index (χ1) is 15.6. The minimum Gasteiger partial charge on any atom is -0.380 e. The molecule has 2 aliphatic rings. The molecule has 33 heavy (non-hydrogen) atoms. The molecule has 1 fully saturated rings. The number of hydrogen-bond donors (Lipinski definition) is 2. The Bertz CT molecular complexity index is 1060. The summed E-state index contributed by atoms with van der Waals surface area (Å²) >= 11 is 6.41. The van der Waals surface area contributed by atoms with Gasteiger partial charge in [-0.15, -0.1) is 0 Å². The van der Waals surface area contributed by atoms with Crippen LogP contribution in [0.2, 0.25) is 5.02 Å². The number of carbonyl (C=O) groups excluding carboxylic acids is 2. The van der Waals surface area contributed by atoms with Gasteiger partial charge in [-0.05, 0) is 60.1 Å². The number of rotatable bonds is 5. The number of anilines is 2. The Morgan fingerprint density at radius 1 is 1.09 bits per heavy atom. The van der Waals surface area contributed by atoms with E-state index in [0.29, 0.717) is 29.6 Å². The standard InChI is InChI=1S/C24H25ClF3N3O2/c1-14-12-19(14)22(32)30-17-5-2-15(3-6-17)13-29-21-18-9-11-31(23(33)24(26,27)28)10-8-16(18)4-7-20(21)25/h2-7,14,19,29H,8-13H2,1H3,(H,30,32). The molecule has 1 heterocycles. The van der Waals surface area contributed by atoms with Gasteiger partial charge in [0.2, 0.25) is 5.91 Å². The van der Waals surface area contributed by atoms with Gasteiger partial charge in [-0.1, -0.05) is 36.7 Å². The molecule has 0 saturated heterocycles. The van der Waals surface area contributed by atoms with E-state index in [1.54, 1.807) is 6.07 Å². The van der Waals surface area contributed by atoms with Crippen LogP contribution in [0.15, 0.2) is 36.4 Å². The quantitative estimate of drug-likeness (QED) is 0.632. The van der Waals surface area contributed by atoms with Gasteiger partial charge in [0, 0.05) is 31.2 Å². The highest BCUT2D eigenvalue weighted by molar-refractivity contribution is 6.33. The molecule has 9 heteroatoms. The van der Waals surface area contributed by atoms with Crippen molar-refractivity contribution >= 4 is 34.8 Å². The first kappa shape index (κ1) is 23.4. The lowest BCUT2D eigenvalue weighted by Gasteiger charge is -2.21. The zero-order chi connectivity index (χ0) is 23.8. The predicted molar refractivity (Wildman–Crippen MR) is 121 cm³/mol. The summed E-state index contributed by atoms with van der Waals surface area (Å²) < 4.78 is 38.6. The number of nitrogens with zero attached hydrogens (tertiary/aromatic N) is 1. The first-order valence-corrected chi connectivity index (χ1v) is 11.3. The largest absolute Gasteiger partial charge is 0.471 e. The van der Waals surface area contributed by atoms with Crippen LogP contribution in [0.3, 0.4) is 0 Å². The van der Waals surface area contributed by atoms with Crippen molar-refractivity contribution in [2.24, 2.45) is 11.8 Å². The molecule has 1 saturated carbocycles. The number of alkyl halides is 3. The maximum atomic E-state index is 12.9. The van der Waals surface area contributed by atoms with Gasteiger partial charge in [-0.25, -0.2) is 0 Å². The van der Waals surface area contributed by atoms with E-state index in [9.17, 15) is 22.8 Å². The summed E-state index contributed by atoms with van der Waals surface area (Å²) in [5.74, 6) is -1.22. The van der Waals surface area contributed by atoms with Crippen molar-refractivity contribution < 1.29 is 22.8 Å². The van der Waals surface area contributed by atoms with E-state index in [0.717, 1.165) is 33.7 Å². The minimum absolute atomic E-state index is 0.0131. The summed E-state index contributed by atoms with van der Waals surface area (Å²) in [6.07, 6.45) is -3.34. The van der Waals surface area contributed by atoms with Gasteiger partial charge in [0.05, 0.1) is 10.7 Å². The fraction of sp³-hybridized carbons (Fsp3) is 0.417. The second-order valence-electron chi connectivity index (χ2n) is 8.71. The molecule has 4 rings (SSSR count). The molecule has 2 amide bonds. The Labute approximate surface area is 195 Å². The molecule has 0 spiro atoms. The second kappa shape index (κ2) is 9.25. The highest BCUT2D eigenvalue weighted by Gasteiger charge is 2.42. The normalized spacial score (nSPS) is 20.0. The number of carbonyl (C=O) groups is 2. The van der Waals surface area contributed by atoms with E-state index in [4.69, 9.17) is 11.6 Å². The number of amides is 2. The van der Waals surface area contributed by atoms with E-state index in [-0.39, 0.29) is 31.3 Å². The molecule has 1 aliphatic heterocycles. The molecule has 2 atom stereocenters. The minimum atomic E-state index is -4.88. The summed E-state index contributed by atoms with van der Waals surface area (Å²) in [7, 11) is 0. The summed E-state index contributed by atoms with van der Waals surface area (Å²) in [6, 6.07) is 11.0. The highest BCUT2D eigenvalue weighted by atomic mass is 35.5. The van der Waals surface area contributed by atoms with Crippen LogP contribution in [0.1, 0.15) is 30.0 Å². The maximum Gasteiger partial charge on any atom is 0.471 e. The molecule has 0 radical (unpaired) electrons. The Morgan fingerprint density at radius 2 is 1.76 bits per heavy atom. The molecule has 176 valence electrons. The van der Waals surface area contributed by atoms with Gasteiger partial charge >= 0.3 is 12.1 Å². The van der Waals surface area contributed by atoms with E-state index in [1.807, 2.05) is 30.3 Å². The van der Waals surface area contributed by atoms with Crippen molar-refractivity contribution in [3.05, 3.63) is 58.1 Å². The molecule has 2 N–H and O–H groups in total. The molecule has 2 aromatic rings. The van der Waals surface area contributed by atoms with E-state index >= 15 is 0 Å². The van der Waals surface area contributed by atoms with Gasteiger partial charge in [-0.2, -0.15) is 13.2 Å². The summed E-state index contributed by atoms with van der Waals surface area (Å²) in [5, 5.41) is 6.71. The van der Waals surface area contributed by atoms with E-state index in [2.05, 4.69) is 17.6 Å². The topological polar surface area (TPSA) is 61.4 Å². The van der Waals surface area contributed by atoms with Crippen LogP contribution < -0.4 is 10.6 Å². The van der Waals surface area contributed by atoms with Crippen LogP contribution in [0.5, 0.6) is 0 Å². The fourth-order valence-electron chi connectivity index (χ4n) is 4.19. The zero-order valence-electron chi connectivity index (χ0n) is 18.1. The molecule has 1 aliphatic carbocycles. The van der Waals surface area contributed by atoms with Gasteiger partial charge in [0.1, 0.15) is 0 Å². The lowest BCUT2D eigenvalue weighted by molar-refractivity contribution is -0.185. The van der Waals surface area contributed by atoms with Gasteiger partial charge < -0.3 is 15.5 Å². The van der Waals surface area contributed by atoms with E-state index in [1.165, 1.54) is 0 Å². The third kappa shape index (κ3) is 5.43. The monoisotopic (exact) mass is 479 g/mol. The van der Waals surface area contributed by atoms with Crippen molar-refractivity contribution in [3.8, 4) is 0 Å². The number of fused-ring (bicyclic) bond motifs is 1. The van der Waals surface area contributed by atoms with Crippen LogP contribution in [0.25, 0.3) is 0 Å². The average molecular weight is 480 g/mol. The number of hydrogen-bond acceptors (Lipinski definition) is 3. The van der Waals surface area contributed by atoms with Crippen LogP contribution in [0.4, 0.5) is 24.5 Å². The van der Waals surface area contributed by atoms with Crippen molar-refractivity contribution in [3.63, 3.8) is 0 Å². The summed E-state index contributed by atoms with van der Waals surface area (Å²) in [6.45, 7) is 2.50. The molecule has 0 bridgehead atoms. The number of halogens is 4. The number of nitrogens with one attached hydrogen (secondary N) is 2. The molecule has 0 aromatic heterocycles. The van der Waals surface area contributed by atoms with Crippen LogP contribution in [-0.2, 0) is 29.0 Å². The van der Waals surface area contributed by atoms with Gasteiger partial charge in [0.25, 0.3) is 0 Å². The highest BCUT2D eigenvalue weighted by Crippen LogP contribution is 2.38. The fourth-order valence-corrected chi connectivity index (χ4v) is 4.43. The SMILES string of the molecule is CC1CC1C(=O)Nc1ccc(CNc2c(Cl)ccc3c2CCN(C(=O)C(F)(F)F)CC3)cc1. The third-order valence-corrected chi connectivity index (χ3v) is 6.62. The Hall–Kier alpha value is -2.74. The van der Waals surface area contributed by atoms with Crippen molar-refractivity contribution in [1.82, 2.24) is 4.90 Å². The Balaban J connectivity index is 1.41. The summed E-state index contributed by atoms with van der Waals surface area (Å²) in [5.41, 5.74) is 4.09. The smallest absolute Gasteiger partial charge is 0.380 e. The zero-order valence-corrected chi connectivity index (χ0v) is 18.9. The molecule has 5 nitrogen and oxygen atoms in total. The van der Waals surface area contributed by atoms with Gasteiger partial charge in [0.15, 0.2) is 0 Å². The lowest BCUT2D eigenvalue weighted by atomic mass is 10.0. The maximum absolute atomic E-state index is 12.9. The Kier molecular flexibility index (Phi) is 6.56. The molecule has 2 unspecified atom stereocenters. The lowest BCUT2D eigenvalue weighted by Crippen LogP contribution is -2.42.